The third kappa shape index (κ3) is 0.555. The Labute approximate surface area is 59.3 Å². The predicted molar refractivity (Wildman–Crippen MR) is 35.2 cm³/mol. The van der Waals surface area contributed by atoms with E-state index in [4.69, 9.17) is 4.74 Å². The normalized spacial score (nSPS) is 37.3. The second kappa shape index (κ2) is 1.61. The molecule has 0 aliphatic carbocycles. The van der Waals surface area contributed by atoms with Gasteiger partial charge in [-0.05, 0) is 13.0 Å². The SMILES string of the molecule is C[C@@]12C=CC(=O)N1CCO2. The lowest BCUT2D eigenvalue weighted by Gasteiger charge is -2.24. The first-order valence-electron chi connectivity index (χ1n) is 3.37. The standard InChI is InChI=1S/C7H9NO2/c1-7-3-2-6(9)8(7)4-5-10-7/h2-3H,4-5H2,1H3/t7-/m1/s1. The third-order valence-electron chi connectivity index (χ3n) is 2.05. The van der Waals surface area contributed by atoms with E-state index >= 15 is 0 Å². The average Bonchev–Trinajstić information content (AvgIpc) is 2.35. The predicted octanol–water partition coefficient (Wildman–Crippen LogP) is 0.131. The minimum Gasteiger partial charge on any atom is -0.350 e. The number of nitrogens with zero attached hydrogens (tertiary/aromatic N) is 1. The molecular formula is C7H9NO2. The van der Waals surface area contributed by atoms with Crippen LogP contribution in [0.3, 0.4) is 0 Å². The topological polar surface area (TPSA) is 29.5 Å². The number of ether oxygens (including phenoxy) is 1. The van der Waals surface area contributed by atoms with Crippen LogP contribution in [0.2, 0.25) is 0 Å². The third-order valence-corrected chi connectivity index (χ3v) is 2.05. The molecule has 0 radical (unpaired) electrons. The number of carbonyl (C=O) groups excluding carboxylic acids is 1. The summed E-state index contributed by atoms with van der Waals surface area (Å²) in [5.74, 6) is 0.0694. The molecule has 0 unspecified atom stereocenters. The summed E-state index contributed by atoms with van der Waals surface area (Å²) in [6, 6.07) is 0. The van der Waals surface area contributed by atoms with Crippen molar-refractivity contribution in [1.82, 2.24) is 4.90 Å². The fourth-order valence-electron chi connectivity index (χ4n) is 1.43. The number of rotatable bonds is 0. The zero-order valence-corrected chi connectivity index (χ0v) is 5.83. The molecule has 10 heavy (non-hydrogen) atoms. The first kappa shape index (κ1) is 5.92. The summed E-state index contributed by atoms with van der Waals surface area (Å²) in [5, 5.41) is 0. The monoisotopic (exact) mass is 139 g/mol. The van der Waals surface area contributed by atoms with E-state index in [2.05, 4.69) is 0 Å². The van der Waals surface area contributed by atoms with Gasteiger partial charge in [-0.15, -0.1) is 0 Å². The van der Waals surface area contributed by atoms with Crippen LogP contribution in [-0.2, 0) is 9.53 Å². The number of fused-ring (bicyclic) bond motifs is 1. The van der Waals surface area contributed by atoms with Crippen LogP contribution in [-0.4, -0.2) is 29.7 Å². The van der Waals surface area contributed by atoms with Crippen LogP contribution < -0.4 is 0 Å². The summed E-state index contributed by atoms with van der Waals surface area (Å²) in [7, 11) is 0. The smallest absolute Gasteiger partial charge is 0.248 e. The Bertz CT molecular complexity index is 212. The number of carbonyl (C=O) groups is 1. The van der Waals surface area contributed by atoms with E-state index < -0.39 is 5.72 Å². The van der Waals surface area contributed by atoms with Crippen molar-refractivity contribution in [3.05, 3.63) is 12.2 Å². The van der Waals surface area contributed by atoms with E-state index in [0.717, 1.165) is 6.54 Å². The van der Waals surface area contributed by atoms with Gasteiger partial charge in [0.2, 0.25) is 5.91 Å². The molecule has 0 aromatic heterocycles. The maximum absolute atomic E-state index is 11.0. The minimum atomic E-state index is -0.420. The highest BCUT2D eigenvalue weighted by atomic mass is 16.5. The molecule has 2 aliphatic rings. The van der Waals surface area contributed by atoms with Crippen molar-refractivity contribution in [2.24, 2.45) is 0 Å². The van der Waals surface area contributed by atoms with Gasteiger partial charge in [0.25, 0.3) is 0 Å². The second-order valence-corrected chi connectivity index (χ2v) is 2.73. The Morgan fingerprint density at radius 1 is 1.80 bits per heavy atom. The molecule has 0 N–H and O–H groups in total. The van der Waals surface area contributed by atoms with Crippen molar-refractivity contribution in [3.63, 3.8) is 0 Å². The molecule has 0 saturated carbocycles. The molecule has 2 aliphatic heterocycles. The maximum Gasteiger partial charge on any atom is 0.248 e. The largest absolute Gasteiger partial charge is 0.350 e. The highest BCUT2D eigenvalue weighted by molar-refractivity contribution is 5.91. The number of hydrogen-bond donors (Lipinski definition) is 0. The summed E-state index contributed by atoms with van der Waals surface area (Å²) in [6.45, 7) is 3.29. The molecule has 3 heteroatoms. The van der Waals surface area contributed by atoms with Gasteiger partial charge in [-0.3, -0.25) is 4.79 Å². The van der Waals surface area contributed by atoms with Gasteiger partial charge >= 0.3 is 0 Å². The van der Waals surface area contributed by atoms with Crippen molar-refractivity contribution in [2.45, 2.75) is 12.6 Å². The molecule has 1 saturated heterocycles. The van der Waals surface area contributed by atoms with E-state index in [1.807, 2.05) is 13.0 Å². The van der Waals surface area contributed by atoms with Gasteiger partial charge in [0.05, 0.1) is 6.61 Å². The van der Waals surface area contributed by atoms with Crippen molar-refractivity contribution < 1.29 is 9.53 Å². The fraction of sp³-hybridized carbons (Fsp3) is 0.571. The van der Waals surface area contributed by atoms with Crippen LogP contribution in [0.5, 0.6) is 0 Å². The van der Waals surface area contributed by atoms with Crippen molar-refractivity contribution in [2.75, 3.05) is 13.2 Å². The van der Waals surface area contributed by atoms with Gasteiger partial charge in [-0.1, -0.05) is 0 Å². The lowest BCUT2D eigenvalue weighted by Crippen LogP contribution is -2.38. The molecule has 1 fully saturated rings. The second-order valence-electron chi connectivity index (χ2n) is 2.73. The van der Waals surface area contributed by atoms with Gasteiger partial charge in [0, 0.05) is 12.6 Å². The zero-order chi connectivity index (χ0) is 7.19. The molecule has 2 rings (SSSR count). The van der Waals surface area contributed by atoms with Gasteiger partial charge < -0.3 is 9.64 Å². The first-order valence-corrected chi connectivity index (χ1v) is 3.37. The molecule has 1 atom stereocenters. The van der Waals surface area contributed by atoms with Crippen LogP contribution in [0.1, 0.15) is 6.92 Å². The summed E-state index contributed by atoms with van der Waals surface area (Å²) in [6.07, 6.45) is 3.38. The van der Waals surface area contributed by atoms with Crippen LogP contribution in [0.25, 0.3) is 0 Å². The number of hydrogen-bond acceptors (Lipinski definition) is 2. The lowest BCUT2D eigenvalue weighted by molar-refractivity contribution is -0.132. The molecule has 54 valence electrons. The first-order chi connectivity index (χ1) is 4.72. The molecule has 2 heterocycles. The summed E-state index contributed by atoms with van der Waals surface area (Å²) >= 11 is 0. The van der Waals surface area contributed by atoms with Gasteiger partial charge in [0.1, 0.15) is 0 Å². The Morgan fingerprint density at radius 3 is 3.30 bits per heavy atom. The Morgan fingerprint density at radius 2 is 2.60 bits per heavy atom. The lowest BCUT2D eigenvalue weighted by atomic mass is 10.3. The molecule has 0 aromatic carbocycles. The molecule has 0 aromatic rings. The van der Waals surface area contributed by atoms with E-state index in [1.54, 1.807) is 11.0 Å². The van der Waals surface area contributed by atoms with Crippen LogP contribution >= 0.6 is 0 Å². The van der Waals surface area contributed by atoms with Gasteiger partial charge in [-0.2, -0.15) is 0 Å². The highest BCUT2D eigenvalue weighted by Crippen LogP contribution is 2.28. The molecular weight excluding hydrogens is 130 g/mol. The fourth-order valence-corrected chi connectivity index (χ4v) is 1.43. The van der Waals surface area contributed by atoms with Crippen LogP contribution in [0, 0.1) is 0 Å². The maximum atomic E-state index is 11.0. The van der Waals surface area contributed by atoms with Gasteiger partial charge in [0.15, 0.2) is 5.72 Å². The Hall–Kier alpha value is -0.830. The van der Waals surface area contributed by atoms with E-state index in [9.17, 15) is 4.79 Å². The van der Waals surface area contributed by atoms with Gasteiger partial charge in [-0.25, -0.2) is 0 Å². The molecule has 3 nitrogen and oxygen atoms in total. The summed E-state index contributed by atoms with van der Waals surface area (Å²) < 4.78 is 5.35. The van der Waals surface area contributed by atoms with E-state index in [1.165, 1.54) is 0 Å². The highest BCUT2D eigenvalue weighted by Gasteiger charge is 2.41. The summed E-state index contributed by atoms with van der Waals surface area (Å²) in [5.41, 5.74) is -0.420. The quantitative estimate of drug-likeness (QED) is 0.477. The summed E-state index contributed by atoms with van der Waals surface area (Å²) in [4.78, 5) is 12.7. The Balaban J connectivity index is 2.35. The van der Waals surface area contributed by atoms with Crippen LogP contribution in [0.4, 0.5) is 0 Å². The molecule has 1 amide bonds. The molecule has 0 spiro atoms. The van der Waals surface area contributed by atoms with E-state index in [-0.39, 0.29) is 5.91 Å². The van der Waals surface area contributed by atoms with Crippen molar-refractivity contribution in [3.8, 4) is 0 Å². The zero-order valence-electron chi connectivity index (χ0n) is 5.83. The molecule has 0 bridgehead atoms. The average molecular weight is 139 g/mol. The van der Waals surface area contributed by atoms with Crippen LogP contribution in [0.15, 0.2) is 12.2 Å². The van der Waals surface area contributed by atoms with E-state index in [0.29, 0.717) is 6.61 Å². The Kier molecular flexibility index (Phi) is 0.951. The minimum absolute atomic E-state index is 0.0694. The van der Waals surface area contributed by atoms with Crippen molar-refractivity contribution in [1.29, 1.82) is 0 Å². The van der Waals surface area contributed by atoms with Crippen molar-refractivity contribution >= 4 is 5.91 Å². The number of amides is 1.